The van der Waals surface area contributed by atoms with Crippen LogP contribution < -0.4 is 22.9 Å². The Bertz CT molecular complexity index is 363. The minimum absolute atomic E-state index is 0.473. The Kier molecular flexibility index (Phi) is 17.6. The first-order valence-electron chi connectivity index (χ1n) is 12.0. The predicted octanol–water partition coefficient (Wildman–Crippen LogP) is 3.52. The van der Waals surface area contributed by atoms with E-state index in [1.54, 1.807) is 0 Å². The van der Waals surface area contributed by atoms with Crippen molar-refractivity contribution in [3.8, 4) is 0 Å². The monoisotopic (exact) mass is 476 g/mol. The second-order valence-electron chi connectivity index (χ2n) is 9.11. The first-order chi connectivity index (χ1) is 13.8. The summed E-state index contributed by atoms with van der Waals surface area (Å²) in [6.07, 6.45) is 9.61. The van der Waals surface area contributed by atoms with Crippen molar-refractivity contribution in [2.75, 3.05) is 26.2 Å². The van der Waals surface area contributed by atoms with E-state index in [2.05, 4.69) is 26.2 Å². The lowest BCUT2D eigenvalue weighted by Gasteiger charge is -2.44. The van der Waals surface area contributed by atoms with E-state index in [9.17, 15) is 0 Å². The Morgan fingerprint density at radius 2 is 0.862 bits per heavy atom. The molecule has 0 aliphatic heterocycles. The molecule has 2 atom stereocenters. The van der Waals surface area contributed by atoms with Crippen molar-refractivity contribution >= 4 is 32.3 Å². The van der Waals surface area contributed by atoms with Gasteiger partial charge >= 0.3 is 0 Å². The highest BCUT2D eigenvalue weighted by Crippen LogP contribution is 2.31. The van der Waals surface area contributed by atoms with Crippen LogP contribution in [0.25, 0.3) is 0 Å². The van der Waals surface area contributed by atoms with Gasteiger partial charge in [0.05, 0.1) is 16.6 Å². The van der Waals surface area contributed by atoms with Crippen LogP contribution in [-0.4, -0.2) is 58.5 Å². The molecule has 0 aliphatic carbocycles. The minimum Gasteiger partial charge on any atom is -0.460 e. The average molecular weight is 477 g/mol. The van der Waals surface area contributed by atoms with Crippen LogP contribution in [0, 0.1) is 0 Å². The molecular formula is C20H52N4OSi4. The lowest BCUT2D eigenvalue weighted by molar-refractivity contribution is 0.550. The van der Waals surface area contributed by atoms with E-state index in [1.165, 1.54) is 49.9 Å². The van der Waals surface area contributed by atoms with E-state index >= 15 is 0 Å². The molecule has 0 saturated heterocycles. The fraction of sp³-hybridized carbons (Fsp3) is 1.00. The number of hydrogen-bond acceptors (Lipinski definition) is 5. The third-order valence-corrected chi connectivity index (χ3v) is 34.2. The molecule has 0 fully saturated rings. The SMILES string of the molecule is C[Si](CCCCN)[Si](C)(CCCCN)O[Si](C)(CCCCN)[Si](C)CCCCN. The molecule has 0 rings (SSSR count). The molecule has 0 aromatic heterocycles. The zero-order chi connectivity index (χ0) is 22.2. The molecule has 2 radical (unpaired) electrons. The second kappa shape index (κ2) is 17.2. The molecule has 2 unspecified atom stereocenters. The quantitative estimate of drug-likeness (QED) is 0.159. The first kappa shape index (κ1) is 29.7. The van der Waals surface area contributed by atoms with Crippen molar-refractivity contribution in [2.45, 2.75) is 102 Å². The van der Waals surface area contributed by atoms with Gasteiger partial charge in [-0.2, -0.15) is 0 Å². The smallest absolute Gasteiger partial charge is 0.160 e. The maximum atomic E-state index is 7.53. The van der Waals surface area contributed by atoms with Crippen molar-refractivity contribution < 1.29 is 4.12 Å². The molecule has 0 aromatic rings. The highest BCUT2D eigenvalue weighted by atomic mass is 29.3. The van der Waals surface area contributed by atoms with Gasteiger partial charge in [-0.1, -0.05) is 50.9 Å². The molecule has 0 amide bonds. The Morgan fingerprint density at radius 3 is 1.17 bits per heavy atom. The van der Waals surface area contributed by atoms with Crippen molar-refractivity contribution in [3.05, 3.63) is 0 Å². The largest absolute Gasteiger partial charge is 0.460 e. The highest BCUT2D eigenvalue weighted by molar-refractivity contribution is 7.37. The highest BCUT2D eigenvalue weighted by Gasteiger charge is 2.45. The summed E-state index contributed by atoms with van der Waals surface area (Å²) in [6.45, 7) is 13.5. The van der Waals surface area contributed by atoms with Gasteiger partial charge in [-0.3, -0.25) is 0 Å². The molecule has 0 bridgehead atoms. The third kappa shape index (κ3) is 12.3. The van der Waals surface area contributed by atoms with Crippen LogP contribution in [0.4, 0.5) is 0 Å². The third-order valence-electron chi connectivity index (χ3n) is 6.48. The molecule has 174 valence electrons. The summed E-state index contributed by atoms with van der Waals surface area (Å²) < 4.78 is 7.53. The topological polar surface area (TPSA) is 113 Å². The van der Waals surface area contributed by atoms with E-state index in [4.69, 9.17) is 27.0 Å². The molecule has 0 aromatic carbocycles. The van der Waals surface area contributed by atoms with Crippen LogP contribution in [0.5, 0.6) is 0 Å². The molecule has 29 heavy (non-hydrogen) atoms. The Labute approximate surface area is 187 Å². The summed E-state index contributed by atoms with van der Waals surface area (Å²) in [7, 11) is -4.36. The number of nitrogens with two attached hydrogens (primary N) is 4. The van der Waals surface area contributed by atoms with Gasteiger partial charge < -0.3 is 27.0 Å². The van der Waals surface area contributed by atoms with Gasteiger partial charge in [0.15, 0.2) is 15.7 Å². The van der Waals surface area contributed by atoms with Crippen LogP contribution >= 0.6 is 0 Å². The maximum absolute atomic E-state index is 7.53. The van der Waals surface area contributed by atoms with Gasteiger partial charge in [-0.25, -0.2) is 0 Å². The van der Waals surface area contributed by atoms with Crippen LogP contribution in [0.15, 0.2) is 0 Å². The van der Waals surface area contributed by atoms with Crippen LogP contribution in [-0.2, 0) is 4.12 Å². The Balaban J connectivity index is 5.38. The molecule has 0 saturated carbocycles. The normalized spacial score (nSPS) is 16.3. The Hall–Kier alpha value is 0.668. The van der Waals surface area contributed by atoms with E-state index in [0.717, 1.165) is 51.9 Å². The number of unbranched alkanes of at least 4 members (excludes halogenated alkanes) is 4. The standard InChI is InChI=1S/C20H52N4OSi4/c1-26(17-9-5-13-21)28(3,19-11-7-15-23)25-29(4,20-12-8-16-24)27(2)18-10-6-14-22/h5-24H2,1-4H3. The zero-order valence-corrected chi connectivity index (χ0v) is 24.0. The van der Waals surface area contributed by atoms with Gasteiger partial charge in [-0.05, 0) is 77.0 Å². The van der Waals surface area contributed by atoms with Crippen LogP contribution in [0.1, 0.15) is 51.4 Å². The minimum atomic E-state index is -1.71. The molecular weight excluding hydrogens is 425 g/mol. The maximum Gasteiger partial charge on any atom is 0.160 e. The van der Waals surface area contributed by atoms with Crippen molar-refractivity contribution in [3.63, 3.8) is 0 Å². The summed E-state index contributed by atoms with van der Waals surface area (Å²) in [4.78, 5) is 0. The molecule has 0 spiro atoms. The molecule has 8 N–H and O–H groups in total. The predicted molar refractivity (Wildman–Crippen MR) is 140 cm³/mol. The summed E-state index contributed by atoms with van der Waals surface area (Å²) in [5.74, 6) is 0. The zero-order valence-electron chi connectivity index (χ0n) is 20.0. The number of rotatable bonds is 20. The van der Waals surface area contributed by atoms with Crippen molar-refractivity contribution in [2.24, 2.45) is 22.9 Å². The van der Waals surface area contributed by atoms with Gasteiger partial charge in [-0.15, -0.1) is 0 Å². The first-order valence-corrected chi connectivity index (χ1v) is 23.6. The fourth-order valence-electron chi connectivity index (χ4n) is 4.01. The molecule has 9 heteroatoms. The summed E-state index contributed by atoms with van der Waals surface area (Å²) in [5, 5.41) is 0. The van der Waals surface area contributed by atoms with Gasteiger partial charge in [0.25, 0.3) is 0 Å². The van der Waals surface area contributed by atoms with E-state index in [1.807, 2.05) is 0 Å². The average Bonchev–Trinajstić information content (AvgIpc) is 2.68. The van der Waals surface area contributed by atoms with Crippen LogP contribution in [0.2, 0.25) is 50.4 Å². The second-order valence-corrected chi connectivity index (χ2v) is 31.4. The van der Waals surface area contributed by atoms with Crippen molar-refractivity contribution in [1.82, 2.24) is 0 Å². The lowest BCUT2D eigenvalue weighted by atomic mass is 10.3. The molecule has 0 heterocycles. The van der Waals surface area contributed by atoms with E-state index in [0.29, 0.717) is 0 Å². The van der Waals surface area contributed by atoms with Gasteiger partial charge in [0.2, 0.25) is 0 Å². The summed E-state index contributed by atoms with van der Waals surface area (Å²) in [5.41, 5.74) is 23.2. The number of hydrogen-bond donors (Lipinski definition) is 4. The van der Waals surface area contributed by atoms with Gasteiger partial charge in [0.1, 0.15) is 0 Å². The molecule has 5 nitrogen and oxygen atoms in total. The van der Waals surface area contributed by atoms with E-state index < -0.39 is 32.3 Å². The lowest BCUT2D eigenvalue weighted by Crippen LogP contribution is -2.62. The van der Waals surface area contributed by atoms with E-state index in [-0.39, 0.29) is 0 Å². The van der Waals surface area contributed by atoms with Crippen molar-refractivity contribution in [1.29, 1.82) is 0 Å². The Morgan fingerprint density at radius 1 is 0.552 bits per heavy atom. The van der Waals surface area contributed by atoms with Gasteiger partial charge in [0, 0.05) is 0 Å². The fourth-order valence-corrected chi connectivity index (χ4v) is 31.5. The van der Waals surface area contributed by atoms with Crippen LogP contribution in [0.3, 0.4) is 0 Å². The molecule has 0 aliphatic rings. The summed E-state index contributed by atoms with van der Waals surface area (Å²) in [6, 6.07) is 5.32. The summed E-state index contributed by atoms with van der Waals surface area (Å²) >= 11 is 0.